The second-order valence-corrected chi connectivity index (χ2v) is 9.19. The van der Waals surface area contributed by atoms with E-state index >= 15 is 0 Å². The molecular weight excluding hydrogens is 520 g/mol. The van der Waals surface area contributed by atoms with Crippen molar-refractivity contribution in [2.45, 2.75) is 25.0 Å². The van der Waals surface area contributed by atoms with Crippen molar-refractivity contribution in [2.24, 2.45) is 0 Å². The molecule has 0 unspecified atom stereocenters. The second-order valence-electron chi connectivity index (χ2n) is 9.19. The average Bonchev–Trinajstić information content (AvgIpc) is 2.98. The van der Waals surface area contributed by atoms with Crippen molar-refractivity contribution >= 4 is 39.8 Å². The minimum atomic E-state index is -0.852. The summed E-state index contributed by atoms with van der Waals surface area (Å²) in [6, 6.07) is 25.9. The second kappa shape index (κ2) is 13.6. The predicted octanol–water partition coefficient (Wildman–Crippen LogP) is 6.28. The number of anilines is 3. The number of phenols is 1. The Morgan fingerprint density at radius 1 is 0.976 bits per heavy atom. The molecular formula is C32H30N4O5. The maximum Gasteiger partial charge on any atom is 0.412 e. The average molecular weight is 551 g/mol. The van der Waals surface area contributed by atoms with E-state index in [-0.39, 0.29) is 11.7 Å². The number of carbonyl (C=O) groups is 2. The SMILES string of the molecule is CO[C@H](CC/C=C/C(=O)Nc1ccccc1N)[C@H](OC(=O)Nc1ccc(C#N)cc1)c1ccc(O)c2ccccc12. The Balaban J connectivity index is 1.52. The molecule has 0 radical (unpaired) electrons. The normalized spacial score (nSPS) is 12.4. The molecule has 0 fully saturated rings. The lowest BCUT2D eigenvalue weighted by Crippen LogP contribution is -2.28. The Morgan fingerprint density at radius 3 is 2.39 bits per heavy atom. The van der Waals surface area contributed by atoms with Gasteiger partial charge in [-0.3, -0.25) is 10.1 Å². The molecule has 41 heavy (non-hydrogen) atoms. The molecule has 0 spiro atoms. The van der Waals surface area contributed by atoms with Crippen LogP contribution in [0.3, 0.4) is 0 Å². The molecule has 4 rings (SSSR count). The number of nitrogen functional groups attached to an aromatic ring is 1. The summed E-state index contributed by atoms with van der Waals surface area (Å²) in [5, 5.41) is 26.2. The molecule has 0 aliphatic carbocycles. The van der Waals surface area contributed by atoms with Crippen molar-refractivity contribution in [1.29, 1.82) is 5.26 Å². The molecule has 9 heteroatoms. The van der Waals surface area contributed by atoms with Crippen LogP contribution in [-0.2, 0) is 14.3 Å². The van der Waals surface area contributed by atoms with Gasteiger partial charge in [-0.25, -0.2) is 4.79 Å². The summed E-state index contributed by atoms with van der Waals surface area (Å²) in [5.74, 6) is -0.219. The Kier molecular flexibility index (Phi) is 9.54. The van der Waals surface area contributed by atoms with Crippen molar-refractivity contribution < 1.29 is 24.2 Å². The molecule has 0 saturated carbocycles. The number of aromatic hydroxyl groups is 1. The van der Waals surface area contributed by atoms with E-state index in [9.17, 15) is 14.7 Å². The number of nitrogens with two attached hydrogens (primary N) is 1. The number of hydrogen-bond donors (Lipinski definition) is 4. The molecule has 0 aromatic heterocycles. The highest BCUT2D eigenvalue weighted by molar-refractivity contribution is 6.01. The van der Waals surface area contributed by atoms with Crippen LogP contribution in [0.25, 0.3) is 10.8 Å². The standard InChI is InChI=1S/C32H30N4O5/c1-40-29(12-6-7-13-30(38)36-27-11-5-4-10-26(27)34)31(25-18-19-28(37)24-9-3-2-8-23(24)25)41-32(39)35-22-16-14-21(20-33)15-17-22/h2-5,7-11,13-19,29,31,37H,6,12,34H2,1H3,(H,35,39)(H,36,38)/b13-7+/t29-,31-/m1/s1. The van der Waals surface area contributed by atoms with Crippen molar-refractivity contribution in [2.75, 3.05) is 23.5 Å². The molecule has 2 amide bonds. The number of allylic oxidation sites excluding steroid dienone is 1. The van der Waals surface area contributed by atoms with Crippen LogP contribution >= 0.6 is 0 Å². The van der Waals surface area contributed by atoms with E-state index in [1.54, 1.807) is 72.8 Å². The number of rotatable bonds is 10. The van der Waals surface area contributed by atoms with E-state index in [4.69, 9.17) is 20.5 Å². The molecule has 0 heterocycles. The third-order valence-corrected chi connectivity index (χ3v) is 6.48. The number of carbonyl (C=O) groups excluding carboxylic acids is 2. The first-order valence-corrected chi connectivity index (χ1v) is 12.9. The van der Waals surface area contributed by atoms with Gasteiger partial charge >= 0.3 is 6.09 Å². The minimum absolute atomic E-state index is 0.104. The summed E-state index contributed by atoms with van der Waals surface area (Å²) in [7, 11) is 1.52. The molecule has 208 valence electrons. The third kappa shape index (κ3) is 7.41. The van der Waals surface area contributed by atoms with Crippen molar-refractivity contribution in [3.8, 4) is 11.8 Å². The zero-order valence-electron chi connectivity index (χ0n) is 22.4. The maximum atomic E-state index is 13.0. The van der Waals surface area contributed by atoms with Crippen LogP contribution in [0, 0.1) is 11.3 Å². The highest BCUT2D eigenvalue weighted by atomic mass is 16.6. The topological polar surface area (TPSA) is 147 Å². The third-order valence-electron chi connectivity index (χ3n) is 6.48. The number of methoxy groups -OCH3 is 1. The fourth-order valence-electron chi connectivity index (χ4n) is 4.41. The Hall–Kier alpha value is -5.33. The number of amides is 2. The van der Waals surface area contributed by atoms with E-state index < -0.39 is 18.3 Å². The van der Waals surface area contributed by atoms with Crippen LogP contribution in [-0.4, -0.2) is 30.3 Å². The number of ether oxygens (including phenoxy) is 2. The lowest BCUT2D eigenvalue weighted by atomic mass is 9.94. The molecule has 0 bridgehead atoms. The van der Waals surface area contributed by atoms with Gasteiger partial charge in [0.1, 0.15) is 5.75 Å². The lowest BCUT2D eigenvalue weighted by Gasteiger charge is -2.27. The van der Waals surface area contributed by atoms with Crippen LogP contribution in [0.2, 0.25) is 0 Å². The highest BCUT2D eigenvalue weighted by Crippen LogP contribution is 2.36. The zero-order valence-corrected chi connectivity index (χ0v) is 22.4. The van der Waals surface area contributed by atoms with Gasteiger partial charge in [0.25, 0.3) is 0 Å². The fourth-order valence-corrected chi connectivity index (χ4v) is 4.41. The number of hydrogen-bond acceptors (Lipinski definition) is 7. The van der Waals surface area contributed by atoms with Crippen LogP contribution in [0.1, 0.15) is 30.1 Å². The van der Waals surface area contributed by atoms with Crippen LogP contribution in [0.15, 0.2) is 97.1 Å². The molecule has 4 aromatic carbocycles. The number of nitrogens with zero attached hydrogens (tertiary/aromatic N) is 1. The van der Waals surface area contributed by atoms with Crippen LogP contribution in [0.4, 0.5) is 21.9 Å². The van der Waals surface area contributed by atoms with Gasteiger partial charge in [0.05, 0.1) is 29.1 Å². The van der Waals surface area contributed by atoms with Crippen LogP contribution in [0.5, 0.6) is 5.75 Å². The van der Waals surface area contributed by atoms with E-state index in [1.807, 2.05) is 24.3 Å². The summed E-state index contributed by atoms with van der Waals surface area (Å²) in [6.07, 6.45) is 1.84. The van der Waals surface area contributed by atoms with E-state index in [0.717, 1.165) is 0 Å². The van der Waals surface area contributed by atoms with E-state index in [0.29, 0.717) is 51.8 Å². The Morgan fingerprint density at radius 2 is 1.68 bits per heavy atom. The first kappa shape index (κ1) is 28.7. The highest BCUT2D eigenvalue weighted by Gasteiger charge is 2.29. The number of benzene rings is 4. The first-order chi connectivity index (χ1) is 19.9. The Bertz CT molecular complexity index is 1590. The lowest BCUT2D eigenvalue weighted by molar-refractivity contribution is -0.111. The summed E-state index contributed by atoms with van der Waals surface area (Å²) >= 11 is 0. The number of nitriles is 1. The number of phenolic OH excluding ortho intramolecular Hbond substituents is 1. The molecule has 4 aromatic rings. The monoisotopic (exact) mass is 550 g/mol. The maximum absolute atomic E-state index is 13.0. The smallest absolute Gasteiger partial charge is 0.412 e. The molecule has 5 N–H and O–H groups in total. The largest absolute Gasteiger partial charge is 0.507 e. The summed E-state index contributed by atoms with van der Waals surface area (Å²) < 4.78 is 11.7. The van der Waals surface area contributed by atoms with Crippen LogP contribution < -0.4 is 16.4 Å². The van der Waals surface area contributed by atoms with Gasteiger partial charge in [0, 0.05) is 23.7 Å². The van der Waals surface area contributed by atoms with E-state index in [1.165, 1.54) is 13.2 Å². The van der Waals surface area contributed by atoms with Crippen molar-refractivity contribution in [3.05, 3.63) is 108 Å². The molecule has 9 nitrogen and oxygen atoms in total. The summed E-state index contributed by atoms with van der Waals surface area (Å²) in [5.41, 5.74) is 8.46. The van der Waals surface area contributed by atoms with E-state index in [2.05, 4.69) is 10.6 Å². The van der Waals surface area contributed by atoms with Gasteiger partial charge in [-0.05, 0) is 66.8 Å². The van der Waals surface area contributed by atoms with Crippen molar-refractivity contribution in [1.82, 2.24) is 0 Å². The van der Waals surface area contributed by atoms with Gasteiger partial charge in [-0.1, -0.05) is 48.5 Å². The summed E-state index contributed by atoms with van der Waals surface area (Å²) in [4.78, 5) is 25.4. The predicted molar refractivity (Wildman–Crippen MR) is 158 cm³/mol. The number of nitrogens with one attached hydrogen (secondary N) is 2. The molecule has 0 aliphatic heterocycles. The van der Waals surface area contributed by atoms with Gasteiger partial charge in [-0.2, -0.15) is 5.26 Å². The fraction of sp³-hybridized carbons (Fsp3) is 0.156. The minimum Gasteiger partial charge on any atom is -0.507 e. The zero-order chi connectivity index (χ0) is 29.2. The van der Waals surface area contributed by atoms with Gasteiger partial charge in [-0.15, -0.1) is 0 Å². The van der Waals surface area contributed by atoms with Gasteiger partial charge in [0.2, 0.25) is 5.91 Å². The van der Waals surface area contributed by atoms with Gasteiger partial charge in [0.15, 0.2) is 6.10 Å². The molecule has 0 saturated heterocycles. The first-order valence-electron chi connectivity index (χ1n) is 12.9. The van der Waals surface area contributed by atoms with Gasteiger partial charge < -0.3 is 25.6 Å². The number of para-hydroxylation sites is 2. The molecule has 2 atom stereocenters. The Labute approximate surface area is 237 Å². The summed E-state index contributed by atoms with van der Waals surface area (Å²) in [6.45, 7) is 0. The van der Waals surface area contributed by atoms with Crippen molar-refractivity contribution in [3.63, 3.8) is 0 Å². The molecule has 0 aliphatic rings. The number of fused-ring (bicyclic) bond motifs is 1. The quantitative estimate of drug-likeness (QED) is 0.134.